The molecule has 29 heavy (non-hydrogen) atoms. The van der Waals surface area contributed by atoms with Gasteiger partial charge in [-0.25, -0.2) is 4.79 Å². The number of amides is 1. The number of esters is 1. The zero-order valence-electron chi connectivity index (χ0n) is 17.4. The number of hydrogen-bond acceptors (Lipinski definition) is 5. The summed E-state index contributed by atoms with van der Waals surface area (Å²) in [7, 11) is 0. The van der Waals surface area contributed by atoms with Gasteiger partial charge in [-0.05, 0) is 58.2 Å². The fourth-order valence-electron chi connectivity index (χ4n) is 3.74. The molecule has 2 aromatic rings. The number of hydrogen-bond donors (Lipinski definition) is 1. The van der Waals surface area contributed by atoms with Crippen molar-refractivity contribution in [3.8, 4) is 0 Å². The molecule has 7 nitrogen and oxygen atoms in total. The Labute approximate surface area is 170 Å². The van der Waals surface area contributed by atoms with Crippen molar-refractivity contribution >= 4 is 17.7 Å². The number of ether oxygens (including phenoxy) is 1. The summed E-state index contributed by atoms with van der Waals surface area (Å²) in [5, 5.41) is 0. The largest absolute Gasteiger partial charge is 0.467 e. The number of H-pyrrole nitrogens is 1. The average molecular weight is 400 g/mol. The molecule has 1 aliphatic carbocycles. The molecule has 1 amide bonds. The van der Waals surface area contributed by atoms with Gasteiger partial charge in [0.1, 0.15) is 11.5 Å². The molecule has 1 atom stereocenters. The minimum atomic E-state index is -0.684. The number of carbonyl (C=O) groups excluding carboxylic acids is 3. The highest BCUT2D eigenvalue weighted by Gasteiger charge is 2.36. The molecule has 0 bridgehead atoms. The number of aryl methyl sites for hydroxylation is 1. The number of rotatable bonds is 8. The number of ketones is 1. The predicted molar refractivity (Wildman–Crippen MR) is 107 cm³/mol. The van der Waals surface area contributed by atoms with Gasteiger partial charge in [-0.3, -0.25) is 9.59 Å². The smallest absolute Gasteiger partial charge is 0.355 e. The summed E-state index contributed by atoms with van der Waals surface area (Å²) in [5.74, 6) is -0.121. The average Bonchev–Trinajstić information content (AvgIpc) is 3.25. The van der Waals surface area contributed by atoms with E-state index in [-0.39, 0.29) is 36.5 Å². The number of carbonyl (C=O) groups is 3. The van der Waals surface area contributed by atoms with Crippen molar-refractivity contribution in [2.75, 3.05) is 6.61 Å². The second-order valence-corrected chi connectivity index (χ2v) is 7.56. The standard InChI is InChI=1S/C22H28N2O5/c1-5-28-22(27)19-13(2)18(14(3)23-19)20(25)15(4)24(12-17-10-7-11-29-17)21(26)16-8-6-9-16/h7,10-11,15-16,23H,5-6,8-9,12H2,1-4H3/t15-/m0/s1. The third-order valence-electron chi connectivity index (χ3n) is 5.65. The molecular formula is C22H28N2O5. The van der Waals surface area contributed by atoms with Crippen LogP contribution >= 0.6 is 0 Å². The van der Waals surface area contributed by atoms with Crippen LogP contribution < -0.4 is 0 Å². The number of aromatic amines is 1. The van der Waals surface area contributed by atoms with E-state index in [4.69, 9.17) is 9.15 Å². The Kier molecular flexibility index (Phi) is 6.25. The predicted octanol–water partition coefficient (Wildman–Crippen LogP) is 3.80. The molecule has 0 unspecified atom stereocenters. The Morgan fingerprint density at radius 3 is 2.59 bits per heavy atom. The molecule has 0 saturated heterocycles. The Bertz CT molecular complexity index is 893. The van der Waals surface area contributed by atoms with Crippen LogP contribution in [0.1, 0.15) is 71.0 Å². The van der Waals surface area contributed by atoms with Crippen LogP contribution in [0.3, 0.4) is 0 Å². The molecule has 0 aliphatic heterocycles. The van der Waals surface area contributed by atoms with Crippen LogP contribution in [-0.4, -0.2) is 40.2 Å². The van der Waals surface area contributed by atoms with Crippen molar-refractivity contribution in [2.24, 2.45) is 5.92 Å². The molecule has 1 N–H and O–H groups in total. The number of aromatic nitrogens is 1. The van der Waals surface area contributed by atoms with E-state index in [1.807, 2.05) is 0 Å². The molecule has 3 rings (SSSR count). The molecule has 0 spiro atoms. The van der Waals surface area contributed by atoms with Crippen molar-refractivity contribution in [1.29, 1.82) is 0 Å². The van der Waals surface area contributed by atoms with Crippen molar-refractivity contribution in [1.82, 2.24) is 9.88 Å². The van der Waals surface area contributed by atoms with Crippen LogP contribution in [0.2, 0.25) is 0 Å². The van der Waals surface area contributed by atoms with E-state index in [1.54, 1.807) is 51.0 Å². The second-order valence-electron chi connectivity index (χ2n) is 7.56. The molecular weight excluding hydrogens is 372 g/mol. The summed E-state index contributed by atoms with van der Waals surface area (Å²) in [6.07, 6.45) is 4.29. The van der Waals surface area contributed by atoms with E-state index in [0.29, 0.717) is 22.6 Å². The number of nitrogens with zero attached hydrogens (tertiary/aromatic N) is 1. The summed E-state index contributed by atoms with van der Waals surface area (Å²) in [4.78, 5) is 43.2. The summed E-state index contributed by atoms with van der Waals surface area (Å²) in [6, 6.07) is 2.88. The van der Waals surface area contributed by atoms with Gasteiger partial charge in [0.2, 0.25) is 5.91 Å². The number of nitrogens with one attached hydrogen (secondary N) is 1. The lowest BCUT2D eigenvalue weighted by atomic mass is 9.83. The second kappa shape index (κ2) is 8.68. The van der Waals surface area contributed by atoms with E-state index in [1.165, 1.54) is 0 Å². The minimum absolute atomic E-state index is 0.0232. The lowest BCUT2D eigenvalue weighted by Gasteiger charge is -2.34. The van der Waals surface area contributed by atoms with Gasteiger partial charge < -0.3 is 19.0 Å². The maximum absolute atomic E-state index is 13.4. The van der Waals surface area contributed by atoms with Crippen LogP contribution in [-0.2, 0) is 16.1 Å². The zero-order chi connectivity index (χ0) is 21.1. The van der Waals surface area contributed by atoms with Gasteiger partial charge in [-0.2, -0.15) is 0 Å². The van der Waals surface area contributed by atoms with Gasteiger partial charge in [0, 0.05) is 17.2 Å². The topological polar surface area (TPSA) is 92.6 Å². The van der Waals surface area contributed by atoms with Gasteiger partial charge in [-0.1, -0.05) is 6.42 Å². The monoisotopic (exact) mass is 400 g/mol. The third kappa shape index (κ3) is 4.13. The molecule has 7 heteroatoms. The molecule has 2 aromatic heterocycles. The number of furan rings is 1. The molecule has 1 fully saturated rings. The first-order chi connectivity index (χ1) is 13.8. The Morgan fingerprint density at radius 1 is 1.31 bits per heavy atom. The Morgan fingerprint density at radius 2 is 2.03 bits per heavy atom. The lowest BCUT2D eigenvalue weighted by molar-refractivity contribution is -0.140. The van der Waals surface area contributed by atoms with Crippen molar-refractivity contribution in [3.63, 3.8) is 0 Å². The minimum Gasteiger partial charge on any atom is -0.467 e. The van der Waals surface area contributed by atoms with Crippen molar-refractivity contribution < 1.29 is 23.5 Å². The van der Waals surface area contributed by atoms with E-state index in [0.717, 1.165) is 19.3 Å². The highest BCUT2D eigenvalue weighted by atomic mass is 16.5. The van der Waals surface area contributed by atoms with Crippen LogP contribution in [0.15, 0.2) is 22.8 Å². The summed E-state index contributed by atoms with van der Waals surface area (Å²) < 4.78 is 10.5. The van der Waals surface area contributed by atoms with Gasteiger partial charge in [0.15, 0.2) is 5.78 Å². The van der Waals surface area contributed by atoms with Crippen LogP contribution in [0.25, 0.3) is 0 Å². The summed E-state index contributed by atoms with van der Waals surface area (Å²) >= 11 is 0. The quantitative estimate of drug-likeness (QED) is 0.537. The molecule has 2 heterocycles. The maximum atomic E-state index is 13.4. The van der Waals surface area contributed by atoms with Crippen LogP contribution in [0.4, 0.5) is 0 Å². The molecule has 1 aliphatic rings. The number of Topliss-reactive ketones (excluding diaryl/α,β-unsaturated/α-hetero) is 1. The maximum Gasteiger partial charge on any atom is 0.355 e. The van der Waals surface area contributed by atoms with Gasteiger partial charge in [0.25, 0.3) is 0 Å². The van der Waals surface area contributed by atoms with Crippen LogP contribution in [0, 0.1) is 19.8 Å². The Hall–Kier alpha value is -2.83. The highest BCUT2D eigenvalue weighted by Crippen LogP contribution is 2.31. The van der Waals surface area contributed by atoms with E-state index < -0.39 is 12.0 Å². The van der Waals surface area contributed by atoms with Crippen molar-refractivity contribution in [3.05, 3.63) is 46.7 Å². The molecule has 0 radical (unpaired) electrons. The lowest BCUT2D eigenvalue weighted by Crippen LogP contribution is -2.47. The van der Waals surface area contributed by atoms with Gasteiger partial charge in [0.05, 0.1) is 25.5 Å². The van der Waals surface area contributed by atoms with Gasteiger partial charge >= 0.3 is 5.97 Å². The van der Waals surface area contributed by atoms with E-state index in [2.05, 4.69) is 4.98 Å². The van der Waals surface area contributed by atoms with Crippen molar-refractivity contribution in [2.45, 2.75) is 59.5 Å². The molecule has 0 aromatic carbocycles. The third-order valence-corrected chi connectivity index (χ3v) is 5.65. The first-order valence-corrected chi connectivity index (χ1v) is 10.1. The van der Waals surface area contributed by atoms with E-state index >= 15 is 0 Å². The Balaban J connectivity index is 1.89. The highest BCUT2D eigenvalue weighted by molar-refractivity contribution is 6.06. The molecule has 1 saturated carbocycles. The van der Waals surface area contributed by atoms with E-state index in [9.17, 15) is 14.4 Å². The first-order valence-electron chi connectivity index (χ1n) is 10.1. The molecule has 156 valence electrons. The normalized spacial score (nSPS) is 14.9. The fourth-order valence-corrected chi connectivity index (χ4v) is 3.74. The van der Waals surface area contributed by atoms with Crippen LogP contribution in [0.5, 0.6) is 0 Å². The van der Waals surface area contributed by atoms with Gasteiger partial charge in [-0.15, -0.1) is 0 Å². The SMILES string of the molecule is CCOC(=O)c1[nH]c(C)c(C(=O)[C@H](C)N(Cc2ccco2)C(=O)C2CCC2)c1C. The fraction of sp³-hybridized carbons (Fsp3) is 0.500. The summed E-state index contributed by atoms with van der Waals surface area (Å²) in [5.41, 5.74) is 1.86. The summed E-state index contributed by atoms with van der Waals surface area (Å²) in [6.45, 7) is 7.43. The first kappa shape index (κ1) is 20.9. The zero-order valence-corrected chi connectivity index (χ0v) is 17.4.